The summed E-state index contributed by atoms with van der Waals surface area (Å²) in [5.41, 5.74) is 2.68. The van der Waals surface area contributed by atoms with Gasteiger partial charge in [-0.1, -0.05) is 41.6 Å². The Kier molecular flexibility index (Phi) is 6.29. The first-order chi connectivity index (χ1) is 16.9. The number of carbonyl (C=O) groups is 1. The van der Waals surface area contributed by atoms with Crippen molar-refractivity contribution >= 4 is 33.8 Å². The molecule has 1 fully saturated rings. The van der Waals surface area contributed by atoms with Crippen LogP contribution in [0.2, 0.25) is 0 Å². The first kappa shape index (κ1) is 23.4. The molecule has 35 heavy (non-hydrogen) atoms. The van der Waals surface area contributed by atoms with E-state index in [0.717, 1.165) is 12.1 Å². The van der Waals surface area contributed by atoms with Gasteiger partial charge in [0.1, 0.15) is 11.5 Å². The molecule has 0 unspecified atom stereocenters. The van der Waals surface area contributed by atoms with E-state index < -0.39 is 15.8 Å². The molecule has 0 atom stereocenters. The molecule has 9 heteroatoms. The van der Waals surface area contributed by atoms with E-state index >= 15 is 0 Å². The van der Waals surface area contributed by atoms with E-state index in [9.17, 15) is 17.6 Å². The number of fused-ring (bicyclic) bond motifs is 1. The summed E-state index contributed by atoms with van der Waals surface area (Å²) in [6, 6.07) is 14.1. The first-order valence-corrected chi connectivity index (χ1v) is 13.1. The Morgan fingerprint density at radius 2 is 1.77 bits per heavy atom. The molecule has 0 aliphatic carbocycles. The SMILES string of the molecule is Cc1noc(C=Cc2ccccc2F)c1S(=O)(=O)N1CCC(C(=O)N2CCc3ccccc32)CC1. The number of anilines is 1. The molecule has 3 heterocycles. The Morgan fingerprint density at radius 3 is 2.54 bits per heavy atom. The third kappa shape index (κ3) is 4.41. The van der Waals surface area contributed by atoms with Gasteiger partial charge in [0.25, 0.3) is 0 Å². The van der Waals surface area contributed by atoms with Gasteiger partial charge in [-0.3, -0.25) is 4.79 Å². The molecule has 1 aromatic heterocycles. The van der Waals surface area contributed by atoms with Crippen molar-refractivity contribution in [3.05, 3.63) is 76.9 Å². The summed E-state index contributed by atoms with van der Waals surface area (Å²) in [7, 11) is -3.90. The Bertz CT molecular complexity index is 1390. The van der Waals surface area contributed by atoms with Crippen molar-refractivity contribution in [3.8, 4) is 0 Å². The Morgan fingerprint density at radius 1 is 1.06 bits per heavy atom. The first-order valence-electron chi connectivity index (χ1n) is 11.6. The van der Waals surface area contributed by atoms with Gasteiger partial charge in [0.05, 0.1) is 0 Å². The highest BCUT2D eigenvalue weighted by Gasteiger charge is 2.38. The van der Waals surface area contributed by atoms with Gasteiger partial charge in [-0.15, -0.1) is 0 Å². The zero-order valence-corrected chi connectivity index (χ0v) is 20.2. The van der Waals surface area contributed by atoms with Crippen molar-refractivity contribution in [2.45, 2.75) is 31.1 Å². The van der Waals surface area contributed by atoms with Crippen LogP contribution < -0.4 is 4.90 Å². The molecule has 0 spiro atoms. The number of carbonyl (C=O) groups excluding carboxylic acids is 1. The molecule has 0 radical (unpaired) electrons. The minimum absolute atomic E-state index is 0.0247. The fraction of sp³-hybridized carbons (Fsp3) is 0.308. The lowest BCUT2D eigenvalue weighted by Gasteiger charge is -2.32. The van der Waals surface area contributed by atoms with E-state index in [1.54, 1.807) is 25.1 Å². The number of piperidine rings is 1. The number of nitrogens with zero attached hydrogens (tertiary/aromatic N) is 3. The van der Waals surface area contributed by atoms with E-state index in [0.29, 0.717) is 24.9 Å². The molecule has 5 rings (SSSR count). The second-order valence-corrected chi connectivity index (χ2v) is 10.7. The minimum atomic E-state index is -3.90. The molecular weight excluding hydrogens is 469 g/mol. The number of sulfonamides is 1. The maximum absolute atomic E-state index is 14.0. The van der Waals surface area contributed by atoms with Crippen LogP contribution in [0.15, 0.2) is 57.9 Å². The number of rotatable bonds is 5. The monoisotopic (exact) mass is 495 g/mol. The van der Waals surface area contributed by atoms with E-state index in [4.69, 9.17) is 4.52 Å². The molecule has 0 saturated carbocycles. The van der Waals surface area contributed by atoms with Crippen LogP contribution in [0.25, 0.3) is 12.2 Å². The predicted molar refractivity (Wildman–Crippen MR) is 131 cm³/mol. The average Bonchev–Trinajstić information content (AvgIpc) is 3.47. The van der Waals surface area contributed by atoms with Crippen LogP contribution in [0.4, 0.5) is 10.1 Å². The van der Waals surface area contributed by atoms with Crippen molar-refractivity contribution < 1.29 is 22.1 Å². The van der Waals surface area contributed by atoms with E-state index in [2.05, 4.69) is 5.16 Å². The molecule has 2 aliphatic rings. The molecule has 3 aromatic rings. The van der Waals surface area contributed by atoms with Gasteiger partial charge in [-0.25, -0.2) is 12.8 Å². The molecule has 2 aromatic carbocycles. The van der Waals surface area contributed by atoms with Gasteiger partial charge in [0.2, 0.25) is 15.9 Å². The molecule has 0 N–H and O–H groups in total. The summed E-state index contributed by atoms with van der Waals surface area (Å²) in [5, 5.41) is 3.84. The van der Waals surface area contributed by atoms with Crippen LogP contribution in [0.3, 0.4) is 0 Å². The number of aromatic nitrogens is 1. The minimum Gasteiger partial charge on any atom is -0.355 e. The number of benzene rings is 2. The fourth-order valence-corrected chi connectivity index (χ4v) is 6.55. The lowest BCUT2D eigenvalue weighted by atomic mass is 9.96. The highest BCUT2D eigenvalue weighted by atomic mass is 32.2. The van der Waals surface area contributed by atoms with Gasteiger partial charge in [-0.2, -0.15) is 4.31 Å². The molecule has 1 saturated heterocycles. The third-order valence-corrected chi connectivity index (χ3v) is 8.76. The van der Waals surface area contributed by atoms with Crippen LogP contribution in [0, 0.1) is 18.7 Å². The number of hydrogen-bond donors (Lipinski definition) is 0. The van der Waals surface area contributed by atoms with Crippen molar-refractivity contribution in [3.63, 3.8) is 0 Å². The highest BCUT2D eigenvalue weighted by molar-refractivity contribution is 7.89. The van der Waals surface area contributed by atoms with Crippen LogP contribution in [0.1, 0.15) is 35.4 Å². The van der Waals surface area contributed by atoms with Crippen LogP contribution in [-0.4, -0.2) is 43.4 Å². The van der Waals surface area contributed by atoms with E-state index in [-0.39, 0.29) is 41.3 Å². The second-order valence-electron chi connectivity index (χ2n) is 8.86. The quantitative estimate of drug-likeness (QED) is 0.528. The molecule has 7 nitrogen and oxygen atoms in total. The summed E-state index contributed by atoms with van der Waals surface area (Å²) >= 11 is 0. The smallest absolute Gasteiger partial charge is 0.248 e. The van der Waals surface area contributed by atoms with Crippen molar-refractivity contribution in [2.75, 3.05) is 24.5 Å². The zero-order chi connectivity index (χ0) is 24.6. The largest absolute Gasteiger partial charge is 0.355 e. The van der Waals surface area contributed by atoms with E-state index in [1.165, 1.54) is 28.1 Å². The number of aryl methyl sites for hydroxylation is 1. The molecular formula is C26H26FN3O4S. The standard InChI is InChI=1S/C26H26FN3O4S/c1-18-25(24(34-28-18)11-10-19-6-2-4-8-22(19)27)35(32,33)29-15-12-21(13-16-29)26(31)30-17-14-20-7-3-5-9-23(20)30/h2-11,21H,12-17H2,1H3. The summed E-state index contributed by atoms with van der Waals surface area (Å²) in [5.74, 6) is -0.535. The Labute approximate surface area is 203 Å². The maximum atomic E-state index is 14.0. The number of amides is 1. The van der Waals surface area contributed by atoms with E-state index in [1.807, 2.05) is 29.2 Å². The number of para-hydroxylation sites is 1. The van der Waals surface area contributed by atoms with Gasteiger partial charge >= 0.3 is 0 Å². The lowest BCUT2D eigenvalue weighted by Crippen LogP contribution is -2.44. The van der Waals surface area contributed by atoms with Crippen LogP contribution >= 0.6 is 0 Å². The van der Waals surface area contributed by atoms with Crippen LogP contribution in [0.5, 0.6) is 0 Å². The number of halogens is 1. The summed E-state index contributed by atoms with van der Waals surface area (Å²) in [6.45, 7) is 2.69. The van der Waals surface area contributed by atoms with Gasteiger partial charge < -0.3 is 9.42 Å². The third-order valence-electron chi connectivity index (χ3n) is 6.71. The summed E-state index contributed by atoms with van der Waals surface area (Å²) < 4.78 is 47.6. The van der Waals surface area contributed by atoms with Crippen LogP contribution in [-0.2, 0) is 21.2 Å². The summed E-state index contributed by atoms with van der Waals surface area (Å²) in [4.78, 5) is 15.0. The number of hydrogen-bond acceptors (Lipinski definition) is 5. The lowest BCUT2D eigenvalue weighted by molar-refractivity contribution is -0.123. The molecule has 1 amide bonds. The average molecular weight is 496 g/mol. The molecule has 0 bridgehead atoms. The molecule has 2 aliphatic heterocycles. The topological polar surface area (TPSA) is 83.7 Å². The molecule has 182 valence electrons. The Balaban J connectivity index is 1.30. The maximum Gasteiger partial charge on any atom is 0.248 e. The Hall–Kier alpha value is -3.30. The van der Waals surface area contributed by atoms with Crippen molar-refractivity contribution in [1.29, 1.82) is 0 Å². The highest BCUT2D eigenvalue weighted by Crippen LogP contribution is 2.33. The van der Waals surface area contributed by atoms with Gasteiger partial charge in [0.15, 0.2) is 10.7 Å². The van der Waals surface area contributed by atoms with Gasteiger partial charge in [0, 0.05) is 36.8 Å². The fourth-order valence-electron chi connectivity index (χ4n) is 4.83. The van der Waals surface area contributed by atoms with Crippen molar-refractivity contribution in [2.24, 2.45) is 5.92 Å². The second kappa shape index (κ2) is 9.39. The predicted octanol–water partition coefficient (Wildman–Crippen LogP) is 4.28. The normalized spacial score (nSPS) is 17.3. The van der Waals surface area contributed by atoms with Crippen molar-refractivity contribution in [1.82, 2.24) is 9.46 Å². The zero-order valence-electron chi connectivity index (χ0n) is 19.4. The van der Waals surface area contributed by atoms with Gasteiger partial charge in [-0.05, 0) is 56.0 Å². The summed E-state index contributed by atoms with van der Waals surface area (Å²) in [6.07, 6.45) is 4.62.